The highest BCUT2D eigenvalue weighted by Crippen LogP contribution is 2.17. The summed E-state index contributed by atoms with van der Waals surface area (Å²) in [6, 6.07) is 9.46. The van der Waals surface area contributed by atoms with Gasteiger partial charge < -0.3 is 21.2 Å². The lowest BCUT2D eigenvalue weighted by Gasteiger charge is -2.22. The van der Waals surface area contributed by atoms with Crippen molar-refractivity contribution in [3.63, 3.8) is 0 Å². The monoisotopic (exact) mass is 290 g/mol. The van der Waals surface area contributed by atoms with Crippen molar-refractivity contribution in [2.24, 2.45) is 10.9 Å². The van der Waals surface area contributed by atoms with Crippen molar-refractivity contribution in [1.82, 2.24) is 10.2 Å². The molecule has 2 rings (SSSR count). The number of hydrogen-bond acceptors (Lipinski definition) is 4. The number of hydrogen-bond donors (Lipinski definition) is 3. The molecule has 0 bridgehead atoms. The van der Waals surface area contributed by atoms with Crippen LogP contribution in [-0.4, -0.2) is 48.0 Å². The highest BCUT2D eigenvalue weighted by molar-refractivity contribution is 6.07. The standard InChI is InChI=1S/C15H22N4O2/c1-19-9-5-8-12(19)10-17-15(20)13(14(16)18-21)11-6-3-2-4-7-11/h2-4,6-7,12-13,21H,5,8-10H2,1H3,(H2,16,18)(H,17,20). The molecule has 0 saturated carbocycles. The summed E-state index contributed by atoms with van der Waals surface area (Å²) in [5.41, 5.74) is 6.40. The summed E-state index contributed by atoms with van der Waals surface area (Å²) in [5, 5.41) is 14.8. The van der Waals surface area contributed by atoms with E-state index in [9.17, 15) is 4.79 Å². The number of likely N-dealkylation sites (tertiary alicyclic amines) is 1. The second-order valence-electron chi connectivity index (χ2n) is 5.39. The Bertz CT molecular complexity index is 504. The fourth-order valence-corrected chi connectivity index (χ4v) is 2.72. The number of carbonyl (C=O) groups is 1. The van der Waals surface area contributed by atoms with Gasteiger partial charge >= 0.3 is 0 Å². The molecule has 0 aliphatic carbocycles. The smallest absolute Gasteiger partial charge is 0.235 e. The number of likely N-dealkylation sites (N-methyl/N-ethyl adjacent to an activating group) is 1. The maximum Gasteiger partial charge on any atom is 0.235 e. The highest BCUT2D eigenvalue weighted by atomic mass is 16.4. The summed E-state index contributed by atoms with van der Waals surface area (Å²) in [5.74, 6) is -1.10. The first-order valence-corrected chi connectivity index (χ1v) is 7.13. The van der Waals surface area contributed by atoms with Crippen LogP contribution in [0.1, 0.15) is 24.3 Å². The molecule has 1 aliphatic rings. The number of nitrogens with one attached hydrogen (secondary N) is 1. The maximum absolute atomic E-state index is 12.4. The Kier molecular flexibility index (Phi) is 5.16. The quantitative estimate of drug-likeness (QED) is 0.323. The molecule has 4 N–H and O–H groups in total. The van der Waals surface area contributed by atoms with Gasteiger partial charge in [-0.05, 0) is 32.0 Å². The van der Waals surface area contributed by atoms with Crippen LogP contribution >= 0.6 is 0 Å². The molecular weight excluding hydrogens is 268 g/mol. The Morgan fingerprint density at radius 3 is 2.81 bits per heavy atom. The van der Waals surface area contributed by atoms with E-state index in [4.69, 9.17) is 10.9 Å². The van der Waals surface area contributed by atoms with E-state index in [0.29, 0.717) is 18.2 Å². The van der Waals surface area contributed by atoms with Gasteiger partial charge in [-0.3, -0.25) is 4.79 Å². The van der Waals surface area contributed by atoms with E-state index in [0.717, 1.165) is 19.4 Å². The molecule has 2 unspecified atom stereocenters. The lowest BCUT2D eigenvalue weighted by Crippen LogP contribution is -2.43. The van der Waals surface area contributed by atoms with Crippen molar-refractivity contribution in [1.29, 1.82) is 0 Å². The molecule has 1 heterocycles. The zero-order valence-electron chi connectivity index (χ0n) is 12.2. The van der Waals surface area contributed by atoms with E-state index < -0.39 is 5.92 Å². The summed E-state index contributed by atoms with van der Waals surface area (Å²) in [7, 11) is 2.06. The average molecular weight is 290 g/mol. The van der Waals surface area contributed by atoms with Gasteiger partial charge in [0.2, 0.25) is 5.91 Å². The first kappa shape index (κ1) is 15.3. The molecule has 6 nitrogen and oxygen atoms in total. The maximum atomic E-state index is 12.4. The number of rotatable bonds is 5. The van der Waals surface area contributed by atoms with E-state index in [1.54, 1.807) is 12.1 Å². The van der Waals surface area contributed by atoms with Crippen LogP contribution in [0.5, 0.6) is 0 Å². The van der Waals surface area contributed by atoms with Gasteiger partial charge in [0.1, 0.15) is 5.92 Å². The zero-order chi connectivity index (χ0) is 15.2. The van der Waals surface area contributed by atoms with Crippen molar-refractivity contribution >= 4 is 11.7 Å². The van der Waals surface area contributed by atoms with Gasteiger partial charge in [-0.25, -0.2) is 0 Å². The Morgan fingerprint density at radius 1 is 1.52 bits per heavy atom. The Balaban J connectivity index is 2.05. The van der Waals surface area contributed by atoms with Crippen molar-refractivity contribution < 1.29 is 10.0 Å². The van der Waals surface area contributed by atoms with E-state index in [-0.39, 0.29) is 11.7 Å². The molecule has 1 saturated heterocycles. The van der Waals surface area contributed by atoms with Gasteiger partial charge in [0.05, 0.1) is 0 Å². The third-order valence-electron chi connectivity index (χ3n) is 3.99. The van der Waals surface area contributed by atoms with Crippen LogP contribution < -0.4 is 11.1 Å². The minimum atomic E-state index is -0.761. The zero-order valence-corrected chi connectivity index (χ0v) is 12.2. The summed E-state index contributed by atoms with van der Waals surface area (Å²) < 4.78 is 0. The molecule has 1 aliphatic heterocycles. The largest absolute Gasteiger partial charge is 0.409 e. The van der Waals surface area contributed by atoms with Gasteiger partial charge in [0, 0.05) is 12.6 Å². The van der Waals surface area contributed by atoms with Gasteiger partial charge in [-0.1, -0.05) is 35.5 Å². The number of amides is 1. The number of carbonyl (C=O) groups excluding carboxylic acids is 1. The molecule has 1 aromatic rings. The normalized spacial score (nSPS) is 21.2. The number of oxime groups is 1. The Hall–Kier alpha value is -2.08. The van der Waals surface area contributed by atoms with E-state index in [1.807, 2.05) is 18.2 Å². The molecule has 6 heteroatoms. The van der Waals surface area contributed by atoms with Crippen LogP contribution in [0.2, 0.25) is 0 Å². The van der Waals surface area contributed by atoms with Crippen molar-refractivity contribution in [3.05, 3.63) is 35.9 Å². The van der Waals surface area contributed by atoms with E-state index in [2.05, 4.69) is 22.4 Å². The molecule has 114 valence electrons. The minimum absolute atomic E-state index is 0.0986. The lowest BCUT2D eigenvalue weighted by molar-refractivity contribution is -0.121. The summed E-state index contributed by atoms with van der Waals surface area (Å²) >= 11 is 0. The number of nitrogens with two attached hydrogens (primary N) is 1. The summed E-state index contributed by atoms with van der Waals surface area (Å²) in [6.45, 7) is 1.64. The number of benzene rings is 1. The molecule has 2 atom stereocenters. The Morgan fingerprint density at radius 2 is 2.24 bits per heavy atom. The van der Waals surface area contributed by atoms with Gasteiger partial charge in [0.15, 0.2) is 5.84 Å². The second kappa shape index (κ2) is 7.08. The molecule has 1 aromatic carbocycles. The third kappa shape index (κ3) is 3.72. The van der Waals surface area contributed by atoms with E-state index >= 15 is 0 Å². The van der Waals surface area contributed by atoms with Crippen LogP contribution in [0.25, 0.3) is 0 Å². The lowest BCUT2D eigenvalue weighted by atomic mass is 9.97. The molecule has 0 spiro atoms. The van der Waals surface area contributed by atoms with E-state index in [1.165, 1.54) is 0 Å². The van der Waals surface area contributed by atoms with Crippen LogP contribution in [0, 0.1) is 0 Å². The van der Waals surface area contributed by atoms with Crippen LogP contribution in [0.15, 0.2) is 35.5 Å². The molecular formula is C15H22N4O2. The van der Waals surface area contributed by atoms with Gasteiger partial charge in [-0.2, -0.15) is 0 Å². The number of nitrogens with zero attached hydrogens (tertiary/aromatic N) is 2. The fourth-order valence-electron chi connectivity index (χ4n) is 2.72. The summed E-state index contributed by atoms with van der Waals surface area (Å²) in [4.78, 5) is 14.6. The molecule has 21 heavy (non-hydrogen) atoms. The topological polar surface area (TPSA) is 91.0 Å². The minimum Gasteiger partial charge on any atom is -0.409 e. The predicted molar refractivity (Wildman–Crippen MR) is 81.3 cm³/mol. The Labute approximate surface area is 124 Å². The first-order valence-electron chi connectivity index (χ1n) is 7.13. The van der Waals surface area contributed by atoms with Crippen LogP contribution in [-0.2, 0) is 4.79 Å². The third-order valence-corrected chi connectivity index (χ3v) is 3.99. The predicted octanol–water partition coefficient (Wildman–Crippen LogP) is 0.727. The molecule has 0 radical (unpaired) electrons. The SMILES string of the molecule is CN1CCCC1CNC(=O)C(/C(N)=N/O)c1ccccc1. The van der Waals surface area contributed by atoms with Gasteiger partial charge in [0.25, 0.3) is 0 Å². The summed E-state index contributed by atoms with van der Waals surface area (Å²) in [6.07, 6.45) is 2.23. The average Bonchev–Trinajstić information content (AvgIpc) is 2.91. The van der Waals surface area contributed by atoms with Crippen molar-refractivity contribution in [2.75, 3.05) is 20.1 Å². The first-order chi connectivity index (χ1) is 10.1. The van der Waals surface area contributed by atoms with Crippen LogP contribution in [0.3, 0.4) is 0 Å². The van der Waals surface area contributed by atoms with Crippen molar-refractivity contribution in [3.8, 4) is 0 Å². The van der Waals surface area contributed by atoms with Crippen molar-refractivity contribution in [2.45, 2.75) is 24.8 Å². The molecule has 1 amide bonds. The van der Waals surface area contributed by atoms with Gasteiger partial charge in [-0.15, -0.1) is 0 Å². The fraction of sp³-hybridized carbons (Fsp3) is 0.467. The molecule has 1 fully saturated rings. The number of amidine groups is 1. The van der Waals surface area contributed by atoms with Crippen LogP contribution in [0.4, 0.5) is 0 Å². The highest BCUT2D eigenvalue weighted by Gasteiger charge is 2.27. The molecule has 0 aromatic heterocycles. The second-order valence-corrected chi connectivity index (χ2v) is 5.39.